The molecule has 0 aliphatic heterocycles. The number of aryl methyl sites for hydroxylation is 1. The monoisotopic (exact) mass is 538 g/mol. The van der Waals surface area contributed by atoms with Crippen LogP contribution in [0.2, 0.25) is 5.02 Å². The molecule has 1 unspecified atom stereocenters. The van der Waals surface area contributed by atoms with Gasteiger partial charge in [-0.3, -0.25) is 4.79 Å². The molecule has 2 heterocycles. The van der Waals surface area contributed by atoms with Crippen LogP contribution in [0.4, 0.5) is 4.39 Å². The molecule has 2 aromatic carbocycles. The first kappa shape index (κ1) is 26.3. The first-order valence-electron chi connectivity index (χ1n) is 11.5. The highest BCUT2D eigenvalue weighted by atomic mass is 35.5. The summed E-state index contributed by atoms with van der Waals surface area (Å²) >= 11 is 7.32. The van der Waals surface area contributed by atoms with E-state index in [4.69, 9.17) is 16.3 Å². The average Bonchev–Trinajstić information content (AvgIpc) is 3.38. The highest BCUT2D eigenvalue weighted by molar-refractivity contribution is 7.17. The average molecular weight is 539 g/mol. The molecule has 6 nitrogen and oxygen atoms in total. The SMILES string of the molecule is CCOC(=O)c1ccc(-c2ccc(C(C/C(=N\O)c3c[nH]c(=O)c(C)c3)c3ccc(Cl)cc3F)cc2)s1. The van der Waals surface area contributed by atoms with E-state index in [2.05, 4.69) is 10.1 Å². The zero-order valence-corrected chi connectivity index (χ0v) is 21.7. The minimum atomic E-state index is -0.511. The van der Waals surface area contributed by atoms with Gasteiger partial charge in [-0.2, -0.15) is 0 Å². The van der Waals surface area contributed by atoms with E-state index in [0.29, 0.717) is 33.9 Å². The normalized spacial score (nSPS) is 12.4. The lowest BCUT2D eigenvalue weighted by molar-refractivity contribution is 0.0532. The predicted molar refractivity (Wildman–Crippen MR) is 144 cm³/mol. The van der Waals surface area contributed by atoms with E-state index in [1.807, 2.05) is 30.3 Å². The number of halogens is 2. The van der Waals surface area contributed by atoms with Crippen LogP contribution in [-0.2, 0) is 4.74 Å². The Morgan fingerprint density at radius 3 is 2.57 bits per heavy atom. The molecule has 37 heavy (non-hydrogen) atoms. The van der Waals surface area contributed by atoms with Gasteiger partial charge in [0.25, 0.3) is 5.56 Å². The molecule has 0 saturated carbocycles. The molecule has 4 rings (SSSR count). The van der Waals surface area contributed by atoms with E-state index < -0.39 is 11.7 Å². The molecule has 190 valence electrons. The van der Waals surface area contributed by atoms with Crippen LogP contribution in [-0.4, -0.2) is 28.5 Å². The van der Waals surface area contributed by atoms with E-state index in [9.17, 15) is 14.8 Å². The summed E-state index contributed by atoms with van der Waals surface area (Å²) in [5, 5.41) is 13.6. The lowest BCUT2D eigenvalue weighted by Crippen LogP contribution is -2.15. The largest absolute Gasteiger partial charge is 0.462 e. The van der Waals surface area contributed by atoms with Gasteiger partial charge in [0, 0.05) is 39.6 Å². The van der Waals surface area contributed by atoms with Crippen LogP contribution in [0, 0.1) is 12.7 Å². The van der Waals surface area contributed by atoms with Crippen LogP contribution >= 0.6 is 22.9 Å². The second kappa shape index (κ2) is 11.5. The fourth-order valence-electron chi connectivity index (χ4n) is 4.05. The molecule has 0 amide bonds. The maximum Gasteiger partial charge on any atom is 0.348 e. The Bertz CT molecular complexity index is 1510. The number of carbonyl (C=O) groups is 1. The molecule has 0 saturated heterocycles. The molecular formula is C28H24ClFN2O4S. The standard InChI is InChI=1S/C28H24ClFN2O4S/c1-3-36-28(34)26-11-10-25(37-26)18-6-4-17(5-7-18)22(21-9-8-20(29)13-23(21)30)14-24(32-35)19-12-16(2)27(33)31-15-19/h4-13,15,22,35H,3,14H2,1-2H3,(H,31,33)/b32-24+. The zero-order valence-electron chi connectivity index (χ0n) is 20.1. The van der Waals surface area contributed by atoms with E-state index in [1.165, 1.54) is 23.6 Å². The minimum Gasteiger partial charge on any atom is -0.462 e. The molecule has 9 heteroatoms. The molecule has 0 bridgehead atoms. The lowest BCUT2D eigenvalue weighted by Gasteiger charge is -2.20. The number of aromatic nitrogens is 1. The number of benzene rings is 2. The van der Waals surface area contributed by atoms with Crippen molar-refractivity contribution in [3.63, 3.8) is 0 Å². The second-order valence-electron chi connectivity index (χ2n) is 8.38. The molecule has 0 fully saturated rings. The van der Waals surface area contributed by atoms with Gasteiger partial charge in [0.05, 0.1) is 12.3 Å². The maximum atomic E-state index is 15.1. The molecule has 1 atom stereocenters. The summed E-state index contributed by atoms with van der Waals surface area (Å²) in [7, 11) is 0. The van der Waals surface area contributed by atoms with Gasteiger partial charge >= 0.3 is 5.97 Å². The molecular weight excluding hydrogens is 515 g/mol. The van der Waals surface area contributed by atoms with E-state index in [0.717, 1.165) is 16.0 Å². The summed E-state index contributed by atoms with van der Waals surface area (Å²) in [5.41, 5.74) is 3.12. The number of H-pyrrole nitrogens is 1. The van der Waals surface area contributed by atoms with Gasteiger partial charge in [-0.15, -0.1) is 11.3 Å². The minimum absolute atomic E-state index is 0.159. The first-order valence-corrected chi connectivity index (χ1v) is 12.7. The van der Waals surface area contributed by atoms with Crippen molar-refractivity contribution in [1.82, 2.24) is 4.98 Å². The Hall–Kier alpha value is -3.75. The summed E-state index contributed by atoms with van der Waals surface area (Å²) in [5.74, 6) is -1.35. The Morgan fingerprint density at radius 2 is 1.92 bits per heavy atom. The number of nitrogens with one attached hydrogen (secondary N) is 1. The maximum absolute atomic E-state index is 15.1. The number of nitrogens with zero attached hydrogens (tertiary/aromatic N) is 1. The van der Waals surface area contributed by atoms with Gasteiger partial charge in [0.15, 0.2) is 0 Å². The third-order valence-electron chi connectivity index (χ3n) is 5.96. The van der Waals surface area contributed by atoms with Crippen LogP contribution in [0.5, 0.6) is 0 Å². The van der Waals surface area contributed by atoms with Crippen LogP contribution in [0.1, 0.15) is 51.2 Å². The van der Waals surface area contributed by atoms with E-state index in [1.54, 1.807) is 38.1 Å². The zero-order chi connectivity index (χ0) is 26.5. The summed E-state index contributed by atoms with van der Waals surface area (Å²) in [6.07, 6.45) is 1.63. The van der Waals surface area contributed by atoms with Crippen molar-refractivity contribution >= 4 is 34.6 Å². The molecule has 0 radical (unpaired) electrons. The number of hydrogen-bond acceptors (Lipinski definition) is 6. The number of esters is 1. The summed E-state index contributed by atoms with van der Waals surface area (Å²) in [4.78, 5) is 27.9. The Kier molecular flexibility index (Phi) is 8.21. The van der Waals surface area contributed by atoms with Crippen LogP contribution in [0.15, 0.2) is 76.8 Å². The van der Waals surface area contributed by atoms with Crippen LogP contribution in [0.3, 0.4) is 0 Å². The van der Waals surface area contributed by atoms with Gasteiger partial charge < -0.3 is 14.9 Å². The lowest BCUT2D eigenvalue weighted by atomic mass is 9.85. The van der Waals surface area contributed by atoms with Crippen molar-refractivity contribution in [2.24, 2.45) is 5.16 Å². The van der Waals surface area contributed by atoms with Gasteiger partial charge in [-0.25, -0.2) is 9.18 Å². The van der Waals surface area contributed by atoms with E-state index >= 15 is 4.39 Å². The summed E-state index contributed by atoms with van der Waals surface area (Å²) in [6, 6.07) is 17.3. The summed E-state index contributed by atoms with van der Waals surface area (Å²) in [6.45, 7) is 3.72. The smallest absolute Gasteiger partial charge is 0.348 e. The number of carbonyl (C=O) groups excluding carboxylic acids is 1. The number of pyridine rings is 1. The van der Waals surface area contributed by atoms with Gasteiger partial charge in [0.2, 0.25) is 0 Å². The van der Waals surface area contributed by atoms with Crippen molar-refractivity contribution in [3.8, 4) is 10.4 Å². The number of aromatic amines is 1. The Morgan fingerprint density at radius 1 is 1.16 bits per heavy atom. The number of hydrogen-bond donors (Lipinski definition) is 2. The highest BCUT2D eigenvalue weighted by Gasteiger charge is 2.23. The molecule has 2 N–H and O–H groups in total. The van der Waals surface area contributed by atoms with E-state index in [-0.39, 0.29) is 23.0 Å². The Labute approximate surface area is 222 Å². The molecule has 0 aliphatic carbocycles. The highest BCUT2D eigenvalue weighted by Crippen LogP contribution is 2.35. The van der Waals surface area contributed by atoms with Crippen molar-refractivity contribution in [1.29, 1.82) is 0 Å². The fraction of sp³-hybridized carbons (Fsp3) is 0.179. The quantitative estimate of drug-likeness (QED) is 0.112. The first-order chi connectivity index (χ1) is 17.8. The van der Waals surface area contributed by atoms with Gasteiger partial charge in [-0.1, -0.05) is 47.1 Å². The predicted octanol–water partition coefficient (Wildman–Crippen LogP) is 6.78. The number of ether oxygens (including phenoxy) is 1. The second-order valence-corrected chi connectivity index (χ2v) is 9.90. The number of rotatable bonds is 8. The number of thiophene rings is 1. The van der Waals surface area contributed by atoms with Crippen molar-refractivity contribution < 1.29 is 19.1 Å². The van der Waals surface area contributed by atoms with Crippen LogP contribution < -0.4 is 5.56 Å². The molecule has 4 aromatic rings. The molecule has 0 spiro atoms. The molecule has 2 aromatic heterocycles. The van der Waals surface area contributed by atoms with Crippen LogP contribution in [0.25, 0.3) is 10.4 Å². The topological polar surface area (TPSA) is 91.8 Å². The Balaban J connectivity index is 1.70. The van der Waals surface area contributed by atoms with Crippen molar-refractivity contribution in [2.45, 2.75) is 26.2 Å². The third-order valence-corrected chi connectivity index (χ3v) is 7.31. The summed E-state index contributed by atoms with van der Waals surface area (Å²) < 4.78 is 20.1. The van der Waals surface area contributed by atoms with Crippen molar-refractivity contribution in [3.05, 3.63) is 115 Å². The van der Waals surface area contributed by atoms with Crippen molar-refractivity contribution in [2.75, 3.05) is 6.61 Å². The third kappa shape index (κ3) is 5.98. The van der Waals surface area contributed by atoms with Gasteiger partial charge in [0.1, 0.15) is 10.7 Å². The molecule has 0 aliphatic rings. The number of oxime groups is 1. The fourth-order valence-corrected chi connectivity index (χ4v) is 5.11. The van der Waals surface area contributed by atoms with Gasteiger partial charge in [-0.05, 0) is 60.9 Å².